The number of amides is 1. The Morgan fingerprint density at radius 2 is 2.35 bits per heavy atom. The predicted octanol–water partition coefficient (Wildman–Crippen LogP) is 0.772. The first-order valence-corrected chi connectivity index (χ1v) is 6.23. The monoisotopic (exact) mass is 270 g/mol. The van der Waals surface area contributed by atoms with E-state index in [9.17, 15) is 4.79 Å². The van der Waals surface area contributed by atoms with Gasteiger partial charge in [-0.1, -0.05) is 17.3 Å². The number of para-hydroxylation sites is 1. The summed E-state index contributed by atoms with van der Waals surface area (Å²) in [6, 6.07) is 7.36. The van der Waals surface area contributed by atoms with Crippen LogP contribution in [-0.2, 0) is 6.54 Å². The first kappa shape index (κ1) is 12.2. The fourth-order valence-electron chi connectivity index (χ4n) is 2.03. The molecule has 0 bridgehead atoms. The molecule has 2 heterocycles. The highest BCUT2D eigenvalue weighted by Crippen LogP contribution is 2.20. The number of aromatic nitrogens is 4. The van der Waals surface area contributed by atoms with Crippen LogP contribution < -0.4 is 11.1 Å². The van der Waals surface area contributed by atoms with Crippen molar-refractivity contribution in [2.24, 2.45) is 0 Å². The summed E-state index contributed by atoms with van der Waals surface area (Å²) in [6.45, 7) is 1.06. The summed E-state index contributed by atoms with van der Waals surface area (Å²) in [5.41, 5.74) is 7.76. The van der Waals surface area contributed by atoms with Crippen LogP contribution in [0.2, 0.25) is 0 Å². The Bertz CT molecular complexity index is 730. The Morgan fingerprint density at radius 3 is 3.10 bits per heavy atom. The molecule has 0 aliphatic rings. The van der Waals surface area contributed by atoms with Crippen LogP contribution in [0.1, 0.15) is 10.5 Å². The zero-order valence-electron chi connectivity index (χ0n) is 10.7. The number of hydrogen-bond acceptors (Lipinski definition) is 4. The molecule has 102 valence electrons. The van der Waals surface area contributed by atoms with Crippen LogP contribution in [0.25, 0.3) is 10.9 Å². The molecule has 2 aromatic heterocycles. The van der Waals surface area contributed by atoms with Gasteiger partial charge in [0.25, 0.3) is 5.91 Å². The summed E-state index contributed by atoms with van der Waals surface area (Å²) in [5.74, 6) is -0.166. The molecule has 7 heteroatoms. The second-order valence-corrected chi connectivity index (χ2v) is 4.42. The molecular formula is C13H14N6O. The predicted molar refractivity (Wildman–Crippen MR) is 75.1 cm³/mol. The molecule has 0 saturated heterocycles. The molecule has 0 atom stereocenters. The van der Waals surface area contributed by atoms with Gasteiger partial charge in [-0.3, -0.25) is 9.48 Å². The lowest BCUT2D eigenvalue weighted by Crippen LogP contribution is -2.27. The van der Waals surface area contributed by atoms with Crippen LogP contribution in [0, 0.1) is 0 Å². The van der Waals surface area contributed by atoms with Crippen molar-refractivity contribution >= 4 is 22.5 Å². The average molecular weight is 270 g/mol. The molecule has 0 aliphatic carbocycles. The summed E-state index contributed by atoms with van der Waals surface area (Å²) < 4.78 is 1.66. The van der Waals surface area contributed by atoms with Crippen molar-refractivity contribution in [3.63, 3.8) is 0 Å². The summed E-state index contributed by atoms with van der Waals surface area (Å²) in [6.07, 6.45) is 3.35. The lowest BCUT2D eigenvalue weighted by molar-refractivity contribution is 0.0947. The van der Waals surface area contributed by atoms with E-state index in [4.69, 9.17) is 5.73 Å². The molecule has 3 rings (SSSR count). The maximum Gasteiger partial charge on any atom is 0.267 e. The lowest BCUT2D eigenvalue weighted by Gasteiger charge is -2.03. The SMILES string of the molecule is Nc1cccc2cc(C(=O)NCCn3ccnn3)[nH]c12. The molecule has 4 N–H and O–H groups in total. The van der Waals surface area contributed by atoms with Gasteiger partial charge < -0.3 is 16.0 Å². The number of hydrogen-bond donors (Lipinski definition) is 3. The third-order valence-corrected chi connectivity index (χ3v) is 3.03. The molecule has 0 aliphatic heterocycles. The Balaban J connectivity index is 1.68. The summed E-state index contributed by atoms with van der Waals surface area (Å²) in [5, 5.41) is 11.3. The number of benzene rings is 1. The Labute approximate surface area is 114 Å². The van der Waals surface area contributed by atoms with Crippen LogP contribution in [0.3, 0.4) is 0 Å². The minimum absolute atomic E-state index is 0.166. The van der Waals surface area contributed by atoms with Gasteiger partial charge in [0.1, 0.15) is 5.69 Å². The number of fused-ring (bicyclic) bond motifs is 1. The fourth-order valence-corrected chi connectivity index (χ4v) is 2.03. The smallest absolute Gasteiger partial charge is 0.267 e. The lowest BCUT2D eigenvalue weighted by atomic mass is 10.2. The van der Waals surface area contributed by atoms with E-state index < -0.39 is 0 Å². The Morgan fingerprint density at radius 1 is 1.45 bits per heavy atom. The van der Waals surface area contributed by atoms with Crippen LogP contribution in [0.5, 0.6) is 0 Å². The zero-order chi connectivity index (χ0) is 13.9. The van der Waals surface area contributed by atoms with Crippen molar-refractivity contribution in [3.8, 4) is 0 Å². The number of carbonyl (C=O) groups excluding carboxylic acids is 1. The molecule has 1 amide bonds. The number of H-pyrrole nitrogens is 1. The van der Waals surface area contributed by atoms with Crippen LogP contribution in [-0.4, -0.2) is 32.4 Å². The highest BCUT2D eigenvalue weighted by atomic mass is 16.1. The molecule has 7 nitrogen and oxygen atoms in total. The second-order valence-electron chi connectivity index (χ2n) is 4.42. The van der Waals surface area contributed by atoms with Crippen molar-refractivity contribution in [3.05, 3.63) is 42.4 Å². The maximum atomic E-state index is 12.0. The van der Waals surface area contributed by atoms with Crippen molar-refractivity contribution < 1.29 is 4.79 Å². The number of anilines is 1. The number of nitrogen functional groups attached to an aromatic ring is 1. The van der Waals surface area contributed by atoms with Crippen molar-refractivity contribution in [2.45, 2.75) is 6.54 Å². The van der Waals surface area contributed by atoms with E-state index in [-0.39, 0.29) is 5.91 Å². The van der Waals surface area contributed by atoms with Gasteiger partial charge in [-0.25, -0.2) is 0 Å². The van der Waals surface area contributed by atoms with Gasteiger partial charge in [0, 0.05) is 18.1 Å². The third kappa shape index (κ3) is 2.33. The molecular weight excluding hydrogens is 256 g/mol. The molecule has 0 spiro atoms. The number of aromatic amines is 1. The summed E-state index contributed by atoms with van der Waals surface area (Å²) in [4.78, 5) is 15.1. The summed E-state index contributed by atoms with van der Waals surface area (Å²) >= 11 is 0. The van der Waals surface area contributed by atoms with E-state index >= 15 is 0 Å². The first-order valence-electron chi connectivity index (χ1n) is 6.23. The fraction of sp³-hybridized carbons (Fsp3) is 0.154. The third-order valence-electron chi connectivity index (χ3n) is 3.03. The Hall–Kier alpha value is -2.83. The maximum absolute atomic E-state index is 12.0. The minimum atomic E-state index is -0.166. The van der Waals surface area contributed by atoms with Crippen molar-refractivity contribution in [1.29, 1.82) is 0 Å². The topological polar surface area (TPSA) is 102 Å². The number of nitrogens with two attached hydrogens (primary N) is 1. The molecule has 3 aromatic rings. The highest BCUT2D eigenvalue weighted by molar-refractivity contribution is 6.00. The number of carbonyl (C=O) groups is 1. The van der Waals surface area contributed by atoms with Gasteiger partial charge >= 0.3 is 0 Å². The first-order chi connectivity index (χ1) is 9.74. The highest BCUT2D eigenvalue weighted by Gasteiger charge is 2.10. The van der Waals surface area contributed by atoms with Gasteiger partial charge in [-0.05, 0) is 12.1 Å². The van der Waals surface area contributed by atoms with Gasteiger partial charge in [0.15, 0.2) is 0 Å². The molecule has 1 aromatic carbocycles. The van der Waals surface area contributed by atoms with E-state index in [1.165, 1.54) is 0 Å². The van der Waals surface area contributed by atoms with Crippen LogP contribution in [0.4, 0.5) is 5.69 Å². The van der Waals surface area contributed by atoms with E-state index in [2.05, 4.69) is 20.6 Å². The molecule has 0 saturated carbocycles. The minimum Gasteiger partial charge on any atom is -0.397 e. The van der Waals surface area contributed by atoms with Gasteiger partial charge in [-0.15, -0.1) is 5.10 Å². The van der Waals surface area contributed by atoms with E-state index in [1.807, 2.05) is 12.1 Å². The number of rotatable bonds is 4. The largest absolute Gasteiger partial charge is 0.397 e. The van der Waals surface area contributed by atoms with Gasteiger partial charge in [0.05, 0.1) is 23.9 Å². The van der Waals surface area contributed by atoms with Crippen molar-refractivity contribution in [1.82, 2.24) is 25.3 Å². The molecule has 20 heavy (non-hydrogen) atoms. The molecule has 0 unspecified atom stereocenters. The van der Waals surface area contributed by atoms with Crippen LogP contribution in [0.15, 0.2) is 36.7 Å². The molecule has 0 radical (unpaired) electrons. The molecule has 0 fully saturated rings. The van der Waals surface area contributed by atoms with Gasteiger partial charge in [-0.2, -0.15) is 0 Å². The normalized spacial score (nSPS) is 10.8. The zero-order valence-corrected chi connectivity index (χ0v) is 10.7. The van der Waals surface area contributed by atoms with E-state index in [1.54, 1.807) is 29.2 Å². The number of nitrogens with zero attached hydrogens (tertiary/aromatic N) is 3. The van der Waals surface area contributed by atoms with Crippen molar-refractivity contribution in [2.75, 3.05) is 12.3 Å². The van der Waals surface area contributed by atoms with E-state index in [0.29, 0.717) is 24.5 Å². The quantitative estimate of drug-likeness (QED) is 0.609. The standard InChI is InChI=1S/C13H14N6O/c14-10-3-1-2-9-8-11(17-12(9)10)13(20)15-4-6-19-7-5-16-18-19/h1-3,5,7-8,17H,4,6,14H2,(H,15,20). The van der Waals surface area contributed by atoms with Gasteiger partial charge in [0.2, 0.25) is 0 Å². The van der Waals surface area contributed by atoms with E-state index in [0.717, 1.165) is 10.9 Å². The Kier molecular flexibility index (Phi) is 3.08. The van der Waals surface area contributed by atoms with Crippen LogP contribution >= 0.6 is 0 Å². The summed E-state index contributed by atoms with van der Waals surface area (Å²) in [7, 11) is 0. The average Bonchev–Trinajstić information content (AvgIpc) is 3.07. The number of nitrogens with one attached hydrogen (secondary N) is 2. The second kappa shape index (κ2) is 5.04.